The number of benzene rings is 2. The summed E-state index contributed by atoms with van der Waals surface area (Å²) < 4.78 is 7.41. The number of aromatic nitrogens is 2. The number of hydrogen-bond acceptors (Lipinski definition) is 5. The SMILES string of the molecule is COc1cc(C(C)NC(=O)c2cc(N3CCN(C)CC3)ccc2C)ccc1-c1cnn(C)c1. The number of nitrogens with zero attached hydrogens (tertiary/aromatic N) is 4. The van der Waals surface area contributed by atoms with Gasteiger partial charge >= 0.3 is 0 Å². The van der Waals surface area contributed by atoms with Gasteiger partial charge in [-0.15, -0.1) is 0 Å². The van der Waals surface area contributed by atoms with E-state index in [1.165, 1.54) is 0 Å². The van der Waals surface area contributed by atoms with Crippen LogP contribution in [0.25, 0.3) is 11.1 Å². The molecule has 2 aromatic carbocycles. The van der Waals surface area contributed by atoms with Crippen LogP contribution in [-0.2, 0) is 7.05 Å². The minimum atomic E-state index is -0.166. The number of amides is 1. The lowest BCUT2D eigenvalue weighted by molar-refractivity contribution is 0.0939. The molecule has 4 rings (SSSR count). The average Bonchev–Trinajstić information content (AvgIpc) is 3.25. The molecule has 0 saturated carbocycles. The van der Waals surface area contributed by atoms with Crippen LogP contribution < -0.4 is 15.0 Å². The summed E-state index contributed by atoms with van der Waals surface area (Å²) >= 11 is 0. The Balaban J connectivity index is 1.51. The van der Waals surface area contributed by atoms with Crippen LogP contribution in [0.2, 0.25) is 0 Å². The third-order valence-corrected chi connectivity index (χ3v) is 6.42. The first kappa shape index (κ1) is 22.9. The largest absolute Gasteiger partial charge is 0.496 e. The molecule has 1 amide bonds. The second kappa shape index (κ2) is 9.67. The summed E-state index contributed by atoms with van der Waals surface area (Å²) in [7, 11) is 5.70. The maximum absolute atomic E-state index is 13.2. The molecule has 7 nitrogen and oxygen atoms in total. The van der Waals surface area contributed by atoms with Crippen LogP contribution in [0, 0.1) is 6.92 Å². The van der Waals surface area contributed by atoms with Crippen molar-refractivity contribution in [2.24, 2.45) is 7.05 Å². The normalized spacial score (nSPS) is 15.4. The molecule has 1 fully saturated rings. The molecule has 1 saturated heterocycles. The van der Waals surface area contributed by atoms with Crippen LogP contribution in [0.1, 0.15) is 34.5 Å². The van der Waals surface area contributed by atoms with E-state index >= 15 is 0 Å². The Morgan fingerprint density at radius 1 is 1.09 bits per heavy atom. The summed E-state index contributed by atoms with van der Waals surface area (Å²) in [5.74, 6) is 0.695. The van der Waals surface area contributed by atoms with Gasteiger partial charge in [0.2, 0.25) is 0 Å². The maximum atomic E-state index is 13.2. The lowest BCUT2D eigenvalue weighted by Gasteiger charge is -2.34. The molecule has 1 atom stereocenters. The van der Waals surface area contributed by atoms with Crippen molar-refractivity contribution in [3.63, 3.8) is 0 Å². The zero-order chi connectivity index (χ0) is 23.5. The Labute approximate surface area is 196 Å². The summed E-state index contributed by atoms with van der Waals surface area (Å²) in [5.41, 5.74) is 5.76. The monoisotopic (exact) mass is 447 g/mol. The van der Waals surface area contributed by atoms with E-state index in [9.17, 15) is 4.79 Å². The Hall–Kier alpha value is -3.32. The minimum Gasteiger partial charge on any atom is -0.496 e. The molecule has 1 N–H and O–H groups in total. The molecule has 1 aliphatic rings. The lowest BCUT2D eigenvalue weighted by Crippen LogP contribution is -2.44. The Morgan fingerprint density at radius 3 is 2.52 bits per heavy atom. The Kier molecular flexibility index (Phi) is 6.70. The average molecular weight is 448 g/mol. The molecule has 0 bridgehead atoms. The standard InChI is InChI=1S/C26H33N5O2/c1-18-6-8-22(31-12-10-29(3)11-13-31)15-24(18)26(32)28-19(2)20-7-9-23(25(14-20)33-5)21-16-27-30(4)17-21/h6-9,14-17,19H,10-13H2,1-5H3,(H,28,32). The van der Waals surface area contributed by atoms with E-state index in [2.05, 4.69) is 33.3 Å². The van der Waals surface area contributed by atoms with E-state index in [-0.39, 0.29) is 11.9 Å². The van der Waals surface area contributed by atoms with Crippen LogP contribution >= 0.6 is 0 Å². The number of rotatable bonds is 6. The van der Waals surface area contributed by atoms with Crippen LogP contribution in [-0.4, -0.2) is 60.9 Å². The lowest BCUT2D eigenvalue weighted by atomic mass is 10.0. The highest BCUT2D eigenvalue weighted by Crippen LogP contribution is 2.32. The summed E-state index contributed by atoms with van der Waals surface area (Å²) in [4.78, 5) is 17.9. The number of aryl methyl sites for hydroxylation is 2. The molecule has 0 radical (unpaired) electrons. The first-order chi connectivity index (χ1) is 15.9. The van der Waals surface area contributed by atoms with Gasteiger partial charge < -0.3 is 19.9 Å². The number of methoxy groups -OCH3 is 1. The topological polar surface area (TPSA) is 62.6 Å². The van der Waals surface area contributed by atoms with Gasteiger partial charge in [0.05, 0.1) is 19.3 Å². The van der Waals surface area contributed by atoms with Crippen LogP contribution in [0.4, 0.5) is 5.69 Å². The third-order valence-electron chi connectivity index (χ3n) is 6.42. The molecule has 2 heterocycles. The van der Waals surface area contributed by atoms with Gasteiger partial charge in [-0.25, -0.2) is 0 Å². The number of carbonyl (C=O) groups excluding carboxylic acids is 1. The number of anilines is 1. The van der Waals surface area contributed by atoms with Crippen LogP contribution in [0.15, 0.2) is 48.8 Å². The van der Waals surface area contributed by atoms with Crippen molar-refractivity contribution in [2.75, 3.05) is 45.2 Å². The Bertz CT molecular complexity index is 1130. The number of carbonyl (C=O) groups is 1. The number of nitrogens with one attached hydrogen (secondary N) is 1. The number of piperazine rings is 1. The summed E-state index contributed by atoms with van der Waals surface area (Å²) in [6.07, 6.45) is 3.78. The smallest absolute Gasteiger partial charge is 0.252 e. The van der Waals surface area contributed by atoms with Crippen LogP contribution in [0.5, 0.6) is 5.75 Å². The van der Waals surface area contributed by atoms with E-state index < -0.39 is 0 Å². The fourth-order valence-electron chi connectivity index (χ4n) is 4.25. The predicted molar refractivity (Wildman–Crippen MR) is 132 cm³/mol. The molecular formula is C26H33N5O2. The maximum Gasteiger partial charge on any atom is 0.252 e. The summed E-state index contributed by atoms with van der Waals surface area (Å²) in [5, 5.41) is 7.42. The highest BCUT2D eigenvalue weighted by molar-refractivity contribution is 5.97. The van der Waals surface area contributed by atoms with Gasteiger partial charge in [-0.1, -0.05) is 18.2 Å². The van der Waals surface area contributed by atoms with Gasteiger partial charge in [0.15, 0.2) is 0 Å². The van der Waals surface area contributed by atoms with Gasteiger partial charge in [0.1, 0.15) is 5.75 Å². The quantitative estimate of drug-likeness (QED) is 0.625. The molecule has 33 heavy (non-hydrogen) atoms. The van der Waals surface area contributed by atoms with Gasteiger partial charge in [-0.3, -0.25) is 9.48 Å². The third kappa shape index (κ3) is 5.03. The van der Waals surface area contributed by atoms with E-state index in [0.717, 1.165) is 65.4 Å². The molecule has 1 aromatic heterocycles. The van der Waals surface area contributed by atoms with Crippen molar-refractivity contribution < 1.29 is 9.53 Å². The number of likely N-dealkylation sites (N-methyl/N-ethyl adjacent to an activating group) is 1. The summed E-state index contributed by atoms with van der Waals surface area (Å²) in [6.45, 7) is 7.99. The second-order valence-corrected chi connectivity index (χ2v) is 8.85. The second-order valence-electron chi connectivity index (χ2n) is 8.85. The van der Waals surface area contributed by atoms with E-state index in [1.54, 1.807) is 11.8 Å². The molecule has 1 aliphatic heterocycles. The highest BCUT2D eigenvalue weighted by atomic mass is 16.5. The number of hydrogen-bond donors (Lipinski definition) is 1. The Morgan fingerprint density at radius 2 is 1.85 bits per heavy atom. The molecule has 0 aliphatic carbocycles. The van der Waals surface area contributed by atoms with E-state index in [1.807, 2.05) is 63.6 Å². The van der Waals surface area contributed by atoms with Crippen molar-refractivity contribution in [3.8, 4) is 16.9 Å². The first-order valence-electron chi connectivity index (χ1n) is 11.4. The fraction of sp³-hybridized carbons (Fsp3) is 0.385. The fourth-order valence-corrected chi connectivity index (χ4v) is 4.25. The van der Waals surface area contributed by atoms with Gasteiger partial charge in [-0.05, 0) is 50.2 Å². The first-order valence-corrected chi connectivity index (χ1v) is 11.4. The molecule has 3 aromatic rings. The van der Waals surface area contributed by atoms with E-state index in [0.29, 0.717) is 0 Å². The van der Waals surface area contributed by atoms with Crippen molar-refractivity contribution in [3.05, 3.63) is 65.5 Å². The molecule has 174 valence electrons. The molecule has 0 spiro atoms. The van der Waals surface area contributed by atoms with Crippen LogP contribution in [0.3, 0.4) is 0 Å². The van der Waals surface area contributed by atoms with Crippen molar-refractivity contribution in [1.82, 2.24) is 20.0 Å². The zero-order valence-electron chi connectivity index (χ0n) is 20.1. The number of ether oxygens (including phenoxy) is 1. The molecule has 7 heteroatoms. The van der Waals surface area contributed by atoms with Crippen molar-refractivity contribution in [1.29, 1.82) is 0 Å². The van der Waals surface area contributed by atoms with E-state index in [4.69, 9.17) is 4.74 Å². The van der Waals surface area contributed by atoms with Gasteiger partial charge in [0, 0.05) is 61.8 Å². The van der Waals surface area contributed by atoms with Gasteiger partial charge in [-0.2, -0.15) is 5.10 Å². The molecule has 1 unspecified atom stereocenters. The summed E-state index contributed by atoms with van der Waals surface area (Å²) in [6, 6.07) is 12.1. The predicted octanol–water partition coefficient (Wildman–Crippen LogP) is 3.65. The van der Waals surface area contributed by atoms with Crippen molar-refractivity contribution in [2.45, 2.75) is 19.9 Å². The molecular weight excluding hydrogens is 414 g/mol. The highest BCUT2D eigenvalue weighted by Gasteiger charge is 2.19. The zero-order valence-corrected chi connectivity index (χ0v) is 20.1. The minimum absolute atomic E-state index is 0.0636. The van der Waals surface area contributed by atoms with Crippen molar-refractivity contribution >= 4 is 11.6 Å². The van der Waals surface area contributed by atoms with Gasteiger partial charge in [0.25, 0.3) is 5.91 Å².